The Labute approximate surface area is 149 Å². The van der Waals surface area contributed by atoms with Gasteiger partial charge < -0.3 is 4.57 Å². The van der Waals surface area contributed by atoms with Crippen molar-refractivity contribution in [3.63, 3.8) is 0 Å². The second kappa shape index (κ2) is 5.43. The number of para-hydroxylation sites is 2. The second-order valence-electron chi connectivity index (χ2n) is 6.40. The van der Waals surface area contributed by atoms with Crippen LogP contribution < -0.4 is 5.32 Å². The Balaban J connectivity index is 1.87. The number of benzene rings is 3. The van der Waals surface area contributed by atoms with Gasteiger partial charge in [-0.3, -0.25) is 10.1 Å². The third-order valence-electron chi connectivity index (χ3n) is 4.99. The average molecular weight is 338 g/mol. The number of fused-ring (bicyclic) bond motifs is 4. The topological polar surface area (TPSA) is 70.7 Å². The third kappa shape index (κ3) is 1.96. The number of hydrogen-bond acceptors (Lipinski definition) is 3. The molecule has 4 aromatic rings. The van der Waals surface area contributed by atoms with Crippen LogP contribution in [0.4, 0.5) is 5.95 Å². The van der Waals surface area contributed by atoms with E-state index in [9.17, 15) is 10.1 Å². The van der Waals surface area contributed by atoms with Crippen molar-refractivity contribution in [3.05, 3.63) is 72.3 Å². The van der Waals surface area contributed by atoms with Gasteiger partial charge in [0.25, 0.3) is 0 Å². The van der Waals surface area contributed by atoms with Gasteiger partial charge >= 0.3 is 0 Å². The number of aromatic nitrogens is 2. The van der Waals surface area contributed by atoms with Crippen LogP contribution in [0, 0.1) is 17.2 Å². The molecule has 3 aromatic carbocycles. The van der Waals surface area contributed by atoms with Crippen molar-refractivity contribution < 1.29 is 4.79 Å². The van der Waals surface area contributed by atoms with Gasteiger partial charge in [0.2, 0.25) is 11.9 Å². The van der Waals surface area contributed by atoms with E-state index in [4.69, 9.17) is 0 Å². The normalized spacial score (nSPS) is 19.1. The number of amides is 1. The summed E-state index contributed by atoms with van der Waals surface area (Å²) in [4.78, 5) is 17.1. The lowest BCUT2D eigenvalue weighted by atomic mass is 9.88. The molecule has 1 aliphatic rings. The Morgan fingerprint density at radius 1 is 1.00 bits per heavy atom. The number of anilines is 1. The van der Waals surface area contributed by atoms with Gasteiger partial charge in [-0.25, -0.2) is 4.98 Å². The fraction of sp³-hybridized carbons (Fsp3) is 0.0952. The Morgan fingerprint density at radius 3 is 2.65 bits per heavy atom. The van der Waals surface area contributed by atoms with Crippen molar-refractivity contribution in [2.75, 3.05) is 5.32 Å². The molecule has 5 rings (SSSR count). The standard InChI is InChI=1S/C21H14N4O/c22-12-16-19(15-9-5-7-13-6-1-2-8-14(13)15)25-18-11-4-3-10-17(18)23-21(25)24-20(16)26/h1-11,16,19H,(H,23,24,26)/t16-,19+/m0/s1. The molecule has 1 aliphatic heterocycles. The monoisotopic (exact) mass is 338 g/mol. The highest BCUT2D eigenvalue weighted by Crippen LogP contribution is 2.40. The Kier molecular flexibility index (Phi) is 3.06. The molecule has 26 heavy (non-hydrogen) atoms. The molecule has 0 radical (unpaired) electrons. The fourth-order valence-corrected chi connectivity index (χ4v) is 3.85. The van der Waals surface area contributed by atoms with Crippen LogP contribution in [0.15, 0.2) is 66.7 Å². The molecule has 0 aliphatic carbocycles. The maximum Gasteiger partial charge on any atom is 0.246 e. The predicted octanol–water partition coefficient (Wildman–Crippen LogP) is 3.87. The summed E-state index contributed by atoms with van der Waals surface area (Å²) >= 11 is 0. The van der Waals surface area contributed by atoms with Gasteiger partial charge in [0.15, 0.2) is 5.92 Å². The minimum absolute atomic E-state index is 0.312. The maximum absolute atomic E-state index is 12.6. The van der Waals surface area contributed by atoms with Crippen molar-refractivity contribution in [1.29, 1.82) is 5.26 Å². The second-order valence-corrected chi connectivity index (χ2v) is 6.40. The number of carbonyl (C=O) groups excluding carboxylic acids is 1. The largest absolute Gasteiger partial charge is 0.300 e. The van der Waals surface area contributed by atoms with Crippen molar-refractivity contribution in [2.45, 2.75) is 6.04 Å². The molecule has 0 saturated carbocycles. The van der Waals surface area contributed by atoms with Gasteiger partial charge in [0.05, 0.1) is 23.1 Å². The molecule has 0 fully saturated rings. The van der Waals surface area contributed by atoms with E-state index < -0.39 is 12.0 Å². The number of imidazole rings is 1. The summed E-state index contributed by atoms with van der Waals surface area (Å²) in [5.74, 6) is -0.653. The van der Waals surface area contributed by atoms with Crippen LogP contribution in [-0.2, 0) is 4.79 Å². The molecule has 0 saturated heterocycles. The predicted molar refractivity (Wildman–Crippen MR) is 99.6 cm³/mol. The molecule has 5 nitrogen and oxygen atoms in total. The van der Waals surface area contributed by atoms with Crippen molar-refractivity contribution in [3.8, 4) is 6.07 Å². The number of nitriles is 1. The smallest absolute Gasteiger partial charge is 0.246 e. The first-order valence-corrected chi connectivity index (χ1v) is 8.43. The quantitative estimate of drug-likeness (QED) is 0.573. The molecule has 0 spiro atoms. The van der Waals surface area contributed by atoms with Crippen molar-refractivity contribution >= 4 is 33.7 Å². The van der Waals surface area contributed by atoms with E-state index in [2.05, 4.69) is 16.4 Å². The summed E-state index contributed by atoms with van der Waals surface area (Å²) in [6.45, 7) is 0. The molecule has 2 heterocycles. The molecule has 1 N–H and O–H groups in total. The Bertz CT molecular complexity index is 1210. The lowest BCUT2D eigenvalue weighted by molar-refractivity contribution is -0.119. The SMILES string of the molecule is N#C[C@@H]1C(=O)Nc2nc3ccccc3n2[C@@H]1c1cccc2ccccc12. The zero-order valence-corrected chi connectivity index (χ0v) is 13.8. The number of nitrogens with zero attached hydrogens (tertiary/aromatic N) is 3. The van der Waals surface area contributed by atoms with Gasteiger partial charge in [-0.1, -0.05) is 54.6 Å². The summed E-state index contributed by atoms with van der Waals surface area (Å²) in [5, 5.41) is 14.7. The van der Waals surface area contributed by atoms with Crippen LogP contribution >= 0.6 is 0 Å². The zero-order valence-electron chi connectivity index (χ0n) is 13.8. The lowest BCUT2D eigenvalue weighted by Crippen LogP contribution is -2.37. The summed E-state index contributed by atoms with van der Waals surface area (Å²) < 4.78 is 1.98. The average Bonchev–Trinajstić information content (AvgIpc) is 3.04. The molecule has 1 amide bonds. The summed E-state index contributed by atoms with van der Waals surface area (Å²) in [6, 6.07) is 23.5. The van der Waals surface area contributed by atoms with E-state index in [0.717, 1.165) is 27.4 Å². The van der Waals surface area contributed by atoms with Crippen molar-refractivity contribution in [1.82, 2.24) is 9.55 Å². The van der Waals surface area contributed by atoms with Crippen LogP contribution in [0.2, 0.25) is 0 Å². The highest BCUT2D eigenvalue weighted by Gasteiger charge is 2.39. The first-order valence-electron chi connectivity index (χ1n) is 8.43. The van der Waals surface area contributed by atoms with Crippen LogP contribution in [-0.4, -0.2) is 15.5 Å². The molecule has 0 bridgehead atoms. The summed E-state index contributed by atoms with van der Waals surface area (Å²) in [5.41, 5.74) is 2.65. The number of nitrogens with one attached hydrogen (secondary N) is 1. The minimum Gasteiger partial charge on any atom is -0.300 e. The van der Waals surface area contributed by atoms with Crippen molar-refractivity contribution in [2.24, 2.45) is 5.92 Å². The molecule has 124 valence electrons. The van der Waals surface area contributed by atoms with Crippen LogP contribution in [0.25, 0.3) is 21.8 Å². The Morgan fingerprint density at radius 2 is 1.77 bits per heavy atom. The molecular weight excluding hydrogens is 324 g/mol. The first kappa shape index (κ1) is 14.7. The third-order valence-corrected chi connectivity index (χ3v) is 4.99. The van der Waals surface area contributed by atoms with Gasteiger partial charge in [0, 0.05) is 0 Å². The van der Waals surface area contributed by atoms with Gasteiger partial charge in [-0.05, 0) is 28.5 Å². The van der Waals surface area contributed by atoms with Crippen LogP contribution in [0.5, 0.6) is 0 Å². The van der Waals surface area contributed by atoms with E-state index in [-0.39, 0.29) is 5.91 Å². The molecule has 5 heteroatoms. The zero-order chi connectivity index (χ0) is 17.7. The molecule has 0 unspecified atom stereocenters. The van der Waals surface area contributed by atoms with Crippen LogP contribution in [0.1, 0.15) is 11.6 Å². The fourth-order valence-electron chi connectivity index (χ4n) is 3.85. The minimum atomic E-state index is -0.828. The summed E-state index contributed by atoms with van der Waals surface area (Å²) in [7, 11) is 0. The van der Waals surface area contributed by atoms with E-state index in [0.29, 0.717) is 5.95 Å². The van der Waals surface area contributed by atoms with E-state index in [1.165, 1.54) is 0 Å². The van der Waals surface area contributed by atoms with Crippen LogP contribution in [0.3, 0.4) is 0 Å². The lowest BCUT2D eigenvalue weighted by Gasteiger charge is -2.30. The summed E-state index contributed by atoms with van der Waals surface area (Å²) in [6.07, 6.45) is 0. The van der Waals surface area contributed by atoms with Gasteiger partial charge in [-0.15, -0.1) is 0 Å². The number of rotatable bonds is 1. The molecular formula is C21H14N4O. The first-order chi connectivity index (χ1) is 12.8. The van der Waals surface area contributed by atoms with E-state index in [1.54, 1.807) is 0 Å². The highest BCUT2D eigenvalue weighted by molar-refractivity contribution is 5.98. The van der Waals surface area contributed by atoms with Gasteiger partial charge in [0.1, 0.15) is 0 Å². The van der Waals surface area contributed by atoms with Gasteiger partial charge in [-0.2, -0.15) is 5.26 Å². The number of hydrogen-bond donors (Lipinski definition) is 1. The highest BCUT2D eigenvalue weighted by atomic mass is 16.2. The van der Waals surface area contributed by atoms with E-state index in [1.807, 2.05) is 71.3 Å². The number of carbonyl (C=O) groups is 1. The van der Waals surface area contributed by atoms with E-state index >= 15 is 0 Å². The Hall–Kier alpha value is -3.65. The molecule has 1 aromatic heterocycles. The maximum atomic E-state index is 12.6. The molecule has 2 atom stereocenters.